The Bertz CT molecular complexity index is 836. The third kappa shape index (κ3) is 4.86. The molecule has 1 fully saturated rings. The summed E-state index contributed by atoms with van der Waals surface area (Å²) in [6, 6.07) is 11.9. The van der Waals surface area contributed by atoms with Crippen LogP contribution < -0.4 is 10.2 Å². The first-order valence-corrected chi connectivity index (χ1v) is 9.16. The predicted octanol–water partition coefficient (Wildman–Crippen LogP) is 1.73. The number of halogens is 2. The first kappa shape index (κ1) is 19.4. The molecule has 0 saturated carbocycles. The van der Waals surface area contributed by atoms with Crippen molar-refractivity contribution in [3.63, 3.8) is 0 Å². The normalized spacial score (nSPS) is 19.1. The number of anilines is 1. The van der Waals surface area contributed by atoms with Crippen LogP contribution in [-0.4, -0.2) is 46.4 Å². The van der Waals surface area contributed by atoms with Crippen LogP contribution in [0.5, 0.6) is 0 Å². The summed E-state index contributed by atoms with van der Waals surface area (Å²) in [5.41, 5.74) is 1.82. The summed E-state index contributed by atoms with van der Waals surface area (Å²) in [7, 11) is 0. The van der Waals surface area contributed by atoms with Gasteiger partial charge in [0.2, 0.25) is 5.91 Å². The standard InChI is InChI=1S/C18H17Cl2N5O2/c19-18(20)12-3-1-11(2-4-12)7-17(27)22-14-9-25(10-15(14)26)16-6-5-13(8-21)23-24-16/h1-6,14-15,18,26H,7,9-10H2,(H,22,27)/t14-,15+/m1/s1. The van der Waals surface area contributed by atoms with E-state index in [1.165, 1.54) is 0 Å². The van der Waals surface area contributed by atoms with Gasteiger partial charge in [-0.05, 0) is 23.3 Å². The first-order valence-electron chi connectivity index (χ1n) is 8.29. The Labute approximate surface area is 166 Å². The topological polar surface area (TPSA) is 102 Å². The van der Waals surface area contributed by atoms with E-state index in [1.54, 1.807) is 36.4 Å². The number of rotatable bonds is 5. The van der Waals surface area contributed by atoms with E-state index >= 15 is 0 Å². The molecule has 2 aromatic rings. The molecule has 2 heterocycles. The minimum atomic E-state index is -0.720. The maximum atomic E-state index is 12.3. The zero-order valence-electron chi connectivity index (χ0n) is 14.2. The van der Waals surface area contributed by atoms with Crippen LogP contribution >= 0.6 is 23.2 Å². The number of hydrogen-bond donors (Lipinski definition) is 2. The van der Waals surface area contributed by atoms with Crippen LogP contribution in [0.15, 0.2) is 36.4 Å². The van der Waals surface area contributed by atoms with Gasteiger partial charge >= 0.3 is 0 Å². The largest absolute Gasteiger partial charge is 0.389 e. The molecule has 2 atom stereocenters. The molecule has 0 spiro atoms. The van der Waals surface area contributed by atoms with Crippen molar-refractivity contribution < 1.29 is 9.90 Å². The van der Waals surface area contributed by atoms with Gasteiger partial charge in [0.05, 0.1) is 18.6 Å². The van der Waals surface area contributed by atoms with Gasteiger partial charge in [-0.3, -0.25) is 4.79 Å². The molecule has 1 amide bonds. The number of nitrogens with one attached hydrogen (secondary N) is 1. The first-order chi connectivity index (χ1) is 13.0. The fourth-order valence-corrected chi connectivity index (χ4v) is 3.18. The number of nitriles is 1. The Morgan fingerprint density at radius 3 is 2.59 bits per heavy atom. The number of carbonyl (C=O) groups excluding carboxylic acids is 1. The average Bonchev–Trinajstić information content (AvgIpc) is 3.02. The summed E-state index contributed by atoms with van der Waals surface area (Å²) in [5.74, 6) is 0.366. The Kier molecular flexibility index (Phi) is 6.11. The fraction of sp³-hybridized carbons (Fsp3) is 0.333. The third-order valence-corrected chi connectivity index (χ3v) is 4.82. The number of alkyl halides is 2. The zero-order valence-corrected chi connectivity index (χ0v) is 15.7. The molecular formula is C18H17Cl2N5O2. The number of β-amino-alcohol motifs (C(OH)–C–C–N with tert-alkyl or cyclic N) is 1. The summed E-state index contributed by atoms with van der Waals surface area (Å²) >= 11 is 11.6. The van der Waals surface area contributed by atoms with E-state index in [4.69, 9.17) is 28.5 Å². The predicted molar refractivity (Wildman–Crippen MR) is 101 cm³/mol. The van der Waals surface area contributed by atoms with Gasteiger partial charge in [0.15, 0.2) is 11.5 Å². The average molecular weight is 406 g/mol. The summed E-state index contributed by atoms with van der Waals surface area (Å²) in [5, 5.41) is 29.6. The molecule has 9 heteroatoms. The number of carbonyl (C=O) groups is 1. The van der Waals surface area contributed by atoms with Crippen LogP contribution in [0.4, 0.5) is 5.82 Å². The third-order valence-electron chi connectivity index (χ3n) is 4.32. The van der Waals surface area contributed by atoms with Gasteiger partial charge in [0.25, 0.3) is 0 Å². The second-order valence-electron chi connectivity index (χ2n) is 6.25. The summed E-state index contributed by atoms with van der Waals surface area (Å²) in [4.78, 5) is 13.5. The van der Waals surface area contributed by atoms with Gasteiger partial charge in [0.1, 0.15) is 10.9 Å². The lowest BCUT2D eigenvalue weighted by atomic mass is 10.1. The van der Waals surface area contributed by atoms with E-state index < -0.39 is 17.0 Å². The van der Waals surface area contributed by atoms with E-state index in [2.05, 4.69) is 15.5 Å². The molecule has 1 aliphatic heterocycles. The molecule has 1 aromatic heterocycles. The second-order valence-corrected chi connectivity index (χ2v) is 7.35. The van der Waals surface area contributed by atoms with E-state index in [0.717, 1.165) is 11.1 Å². The number of hydrogen-bond acceptors (Lipinski definition) is 6. The fourth-order valence-electron chi connectivity index (χ4n) is 2.89. The molecule has 0 aliphatic carbocycles. The van der Waals surface area contributed by atoms with E-state index in [1.807, 2.05) is 11.0 Å². The Hall–Kier alpha value is -2.40. The molecule has 0 bridgehead atoms. The van der Waals surface area contributed by atoms with E-state index in [0.29, 0.717) is 18.9 Å². The van der Waals surface area contributed by atoms with Crippen molar-refractivity contribution in [2.75, 3.05) is 18.0 Å². The highest BCUT2D eigenvalue weighted by Gasteiger charge is 2.33. The number of aliphatic hydroxyl groups excluding tert-OH is 1. The molecule has 1 aromatic carbocycles. The second kappa shape index (κ2) is 8.53. The van der Waals surface area contributed by atoms with Crippen molar-refractivity contribution in [3.05, 3.63) is 53.2 Å². The molecule has 0 radical (unpaired) electrons. The van der Waals surface area contributed by atoms with Crippen molar-refractivity contribution in [1.29, 1.82) is 5.26 Å². The highest BCUT2D eigenvalue weighted by molar-refractivity contribution is 6.44. The van der Waals surface area contributed by atoms with Crippen LogP contribution in [0.2, 0.25) is 0 Å². The smallest absolute Gasteiger partial charge is 0.224 e. The van der Waals surface area contributed by atoms with Crippen molar-refractivity contribution in [1.82, 2.24) is 15.5 Å². The van der Waals surface area contributed by atoms with Crippen molar-refractivity contribution in [2.24, 2.45) is 0 Å². The summed E-state index contributed by atoms with van der Waals surface area (Å²) in [6.45, 7) is 0.736. The molecule has 1 saturated heterocycles. The monoisotopic (exact) mass is 405 g/mol. The van der Waals surface area contributed by atoms with Crippen molar-refractivity contribution in [2.45, 2.75) is 23.4 Å². The number of aromatic nitrogens is 2. The number of amides is 1. The maximum Gasteiger partial charge on any atom is 0.224 e. The lowest BCUT2D eigenvalue weighted by Gasteiger charge is -2.17. The van der Waals surface area contributed by atoms with Gasteiger partial charge in [0, 0.05) is 13.1 Å². The highest BCUT2D eigenvalue weighted by atomic mass is 35.5. The van der Waals surface area contributed by atoms with E-state index in [-0.39, 0.29) is 18.0 Å². The molecular weight excluding hydrogens is 389 g/mol. The molecule has 0 unspecified atom stereocenters. The maximum absolute atomic E-state index is 12.3. The SMILES string of the molecule is N#Cc1ccc(N2C[C@H](O)[C@H](NC(=O)Cc3ccc(C(Cl)Cl)cc3)C2)nn1. The van der Waals surface area contributed by atoms with Crippen molar-refractivity contribution in [3.8, 4) is 6.07 Å². The van der Waals surface area contributed by atoms with Crippen LogP contribution in [0.3, 0.4) is 0 Å². The lowest BCUT2D eigenvalue weighted by Crippen LogP contribution is -2.43. The molecule has 140 valence electrons. The minimum absolute atomic E-state index is 0.187. The number of nitrogens with zero attached hydrogens (tertiary/aromatic N) is 4. The van der Waals surface area contributed by atoms with E-state index in [9.17, 15) is 9.90 Å². The van der Waals surface area contributed by atoms with Gasteiger partial charge in [-0.15, -0.1) is 33.4 Å². The van der Waals surface area contributed by atoms with Crippen LogP contribution in [0, 0.1) is 11.3 Å². The molecule has 3 rings (SSSR count). The zero-order chi connectivity index (χ0) is 19.4. The van der Waals surface area contributed by atoms with Gasteiger partial charge < -0.3 is 15.3 Å². The summed E-state index contributed by atoms with van der Waals surface area (Å²) in [6.07, 6.45) is -0.530. The molecule has 27 heavy (non-hydrogen) atoms. The van der Waals surface area contributed by atoms with Crippen molar-refractivity contribution >= 4 is 34.9 Å². The number of benzene rings is 1. The van der Waals surface area contributed by atoms with Gasteiger partial charge in [-0.25, -0.2) is 0 Å². The molecule has 7 nitrogen and oxygen atoms in total. The van der Waals surface area contributed by atoms with Gasteiger partial charge in [-0.2, -0.15) is 5.26 Å². The number of aliphatic hydroxyl groups is 1. The highest BCUT2D eigenvalue weighted by Crippen LogP contribution is 2.24. The van der Waals surface area contributed by atoms with Crippen LogP contribution in [0.1, 0.15) is 21.7 Å². The van der Waals surface area contributed by atoms with Gasteiger partial charge in [-0.1, -0.05) is 24.3 Å². The summed E-state index contributed by atoms with van der Waals surface area (Å²) < 4.78 is 0. The Morgan fingerprint density at radius 1 is 1.26 bits per heavy atom. The van der Waals surface area contributed by atoms with Crippen LogP contribution in [-0.2, 0) is 11.2 Å². The Balaban J connectivity index is 1.56. The lowest BCUT2D eigenvalue weighted by molar-refractivity contribution is -0.121. The minimum Gasteiger partial charge on any atom is -0.389 e. The molecule has 2 N–H and O–H groups in total. The van der Waals surface area contributed by atoms with Crippen LogP contribution in [0.25, 0.3) is 0 Å². The Morgan fingerprint density at radius 2 is 2.00 bits per heavy atom. The molecule has 1 aliphatic rings. The quantitative estimate of drug-likeness (QED) is 0.734.